The van der Waals surface area contributed by atoms with Crippen LogP contribution in [0.15, 0.2) is 6.33 Å². The number of rotatable bonds is 9. The second kappa shape index (κ2) is 7.60. The average molecular weight is 269 g/mol. The molecule has 5 nitrogen and oxygen atoms in total. The Balaban J connectivity index is 2.80. The van der Waals surface area contributed by atoms with Gasteiger partial charge in [-0.25, -0.2) is 4.98 Å². The fraction of sp³-hybridized carbons (Fsp3) is 0.857. The monoisotopic (exact) mass is 269 g/mol. The van der Waals surface area contributed by atoms with Gasteiger partial charge in [0.25, 0.3) is 0 Å². The van der Waals surface area contributed by atoms with Gasteiger partial charge in [0.2, 0.25) is 0 Å². The molecule has 19 heavy (non-hydrogen) atoms. The molecule has 110 valence electrons. The van der Waals surface area contributed by atoms with Crippen molar-refractivity contribution in [1.82, 2.24) is 14.8 Å². The summed E-state index contributed by atoms with van der Waals surface area (Å²) in [6.45, 7) is 9.62. The van der Waals surface area contributed by atoms with Crippen LogP contribution in [0.25, 0.3) is 0 Å². The molecule has 0 saturated heterocycles. The zero-order chi connectivity index (χ0) is 14.3. The first-order valence-corrected chi connectivity index (χ1v) is 7.32. The zero-order valence-corrected chi connectivity index (χ0v) is 12.6. The lowest BCUT2D eigenvalue weighted by molar-refractivity contribution is -0.125. The van der Waals surface area contributed by atoms with Crippen molar-refractivity contribution in [2.24, 2.45) is 0 Å². The van der Waals surface area contributed by atoms with Gasteiger partial charge in [0.1, 0.15) is 12.2 Å². The summed E-state index contributed by atoms with van der Waals surface area (Å²) in [6.07, 6.45) is 4.08. The highest BCUT2D eigenvalue weighted by Crippen LogP contribution is 2.27. The van der Waals surface area contributed by atoms with E-state index in [1.54, 1.807) is 6.33 Å². The van der Waals surface area contributed by atoms with E-state index >= 15 is 0 Å². The number of hydrogen-bond acceptors (Lipinski definition) is 4. The zero-order valence-electron chi connectivity index (χ0n) is 12.6. The quantitative estimate of drug-likeness (QED) is 0.746. The second-order valence-corrected chi connectivity index (χ2v) is 4.82. The third-order valence-corrected chi connectivity index (χ3v) is 3.74. The molecule has 0 aliphatic heterocycles. The summed E-state index contributed by atoms with van der Waals surface area (Å²) in [7, 11) is 0. The molecule has 0 saturated carbocycles. The first-order valence-electron chi connectivity index (χ1n) is 7.32. The van der Waals surface area contributed by atoms with E-state index in [2.05, 4.69) is 30.9 Å². The van der Waals surface area contributed by atoms with E-state index in [0.29, 0.717) is 13.0 Å². The molecule has 0 radical (unpaired) electrons. The molecule has 1 aromatic heterocycles. The van der Waals surface area contributed by atoms with Gasteiger partial charge in [0.15, 0.2) is 0 Å². The number of aromatic nitrogens is 3. The number of hydrogen-bond donors (Lipinski definition) is 1. The Morgan fingerprint density at radius 1 is 1.32 bits per heavy atom. The molecule has 1 atom stereocenters. The molecule has 0 spiro atoms. The van der Waals surface area contributed by atoms with Crippen LogP contribution in [0.3, 0.4) is 0 Å². The van der Waals surface area contributed by atoms with Crippen molar-refractivity contribution < 1.29 is 9.84 Å². The molecule has 1 rings (SSSR count). The maximum atomic E-state index is 10.5. The molecule has 0 aliphatic carbocycles. The van der Waals surface area contributed by atoms with Crippen molar-refractivity contribution in [3.8, 4) is 0 Å². The molecule has 1 heterocycles. The molecule has 0 amide bonds. The van der Waals surface area contributed by atoms with Crippen LogP contribution in [0.4, 0.5) is 0 Å². The standard InChI is InChI=1S/C14H27N3O2/c1-5-9-17-13(15-11-16-17)10-12(18)14(6-2,7-3)19-8-4/h11-12,18H,5-10H2,1-4H3. The van der Waals surface area contributed by atoms with Crippen LogP contribution in [0.5, 0.6) is 0 Å². The van der Waals surface area contributed by atoms with E-state index in [1.807, 2.05) is 11.6 Å². The minimum Gasteiger partial charge on any atom is -0.390 e. The van der Waals surface area contributed by atoms with Gasteiger partial charge in [-0.05, 0) is 26.2 Å². The SMILES string of the molecule is CCCn1ncnc1CC(O)C(CC)(CC)OCC. The normalized spacial score (nSPS) is 13.7. The van der Waals surface area contributed by atoms with Crippen LogP contribution >= 0.6 is 0 Å². The van der Waals surface area contributed by atoms with E-state index in [1.165, 1.54) is 0 Å². The Kier molecular flexibility index (Phi) is 6.45. The summed E-state index contributed by atoms with van der Waals surface area (Å²) in [5.41, 5.74) is -0.474. The summed E-state index contributed by atoms with van der Waals surface area (Å²) in [4.78, 5) is 4.25. The van der Waals surface area contributed by atoms with Gasteiger partial charge in [-0.1, -0.05) is 20.8 Å². The predicted octanol–water partition coefficient (Wildman–Crippen LogP) is 2.19. The van der Waals surface area contributed by atoms with Gasteiger partial charge in [-0.15, -0.1) is 0 Å². The van der Waals surface area contributed by atoms with Gasteiger partial charge >= 0.3 is 0 Å². The Labute approximate surface area is 116 Å². The number of aliphatic hydroxyl groups is 1. The van der Waals surface area contributed by atoms with Gasteiger partial charge in [0, 0.05) is 19.6 Å². The van der Waals surface area contributed by atoms with Crippen LogP contribution < -0.4 is 0 Å². The van der Waals surface area contributed by atoms with Gasteiger partial charge < -0.3 is 9.84 Å². The Hall–Kier alpha value is -0.940. The molecule has 0 fully saturated rings. The Morgan fingerprint density at radius 2 is 2.00 bits per heavy atom. The average Bonchev–Trinajstić information content (AvgIpc) is 2.84. The van der Waals surface area contributed by atoms with Crippen LogP contribution in [0.1, 0.15) is 52.8 Å². The van der Waals surface area contributed by atoms with Crippen molar-refractivity contribution in [3.05, 3.63) is 12.2 Å². The van der Waals surface area contributed by atoms with E-state index < -0.39 is 11.7 Å². The van der Waals surface area contributed by atoms with Gasteiger partial charge in [0.05, 0.1) is 11.7 Å². The largest absolute Gasteiger partial charge is 0.390 e. The highest BCUT2D eigenvalue weighted by molar-refractivity contribution is 4.95. The molecule has 1 aromatic rings. The first kappa shape index (κ1) is 16.1. The van der Waals surface area contributed by atoms with E-state index in [4.69, 9.17) is 4.74 Å². The number of aliphatic hydroxyl groups excluding tert-OH is 1. The second-order valence-electron chi connectivity index (χ2n) is 4.82. The summed E-state index contributed by atoms with van der Waals surface area (Å²) in [5, 5.41) is 14.7. The lowest BCUT2D eigenvalue weighted by Gasteiger charge is -2.36. The van der Waals surface area contributed by atoms with E-state index in [9.17, 15) is 5.11 Å². The van der Waals surface area contributed by atoms with E-state index in [0.717, 1.165) is 31.6 Å². The summed E-state index contributed by atoms with van der Waals surface area (Å²) in [5.74, 6) is 0.834. The highest BCUT2D eigenvalue weighted by Gasteiger charge is 2.36. The van der Waals surface area contributed by atoms with Gasteiger partial charge in [-0.3, -0.25) is 4.68 Å². The number of nitrogens with zero attached hydrogens (tertiary/aromatic N) is 3. The third-order valence-electron chi connectivity index (χ3n) is 3.74. The first-order chi connectivity index (χ1) is 9.13. The van der Waals surface area contributed by atoms with Crippen molar-refractivity contribution in [2.45, 2.75) is 71.6 Å². The van der Waals surface area contributed by atoms with Crippen LogP contribution in [-0.4, -0.2) is 38.2 Å². The fourth-order valence-electron chi connectivity index (χ4n) is 2.51. The molecule has 5 heteroatoms. The fourth-order valence-corrected chi connectivity index (χ4v) is 2.51. The summed E-state index contributed by atoms with van der Waals surface area (Å²) >= 11 is 0. The molecule has 0 aromatic carbocycles. The van der Waals surface area contributed by atoms with Crippen molar-refractivity contribution in [3.63, 3.8) is 0 Å². The molecule has 1 N–H and O–H groups in total. The molecule has 0 aliphatic rings. The van der Waals surface area contributed by atoms with Crippen LogP contribution in [-0.2, 0) is 17.7 Å². The smallest absolute Gasteiger partial charge is 0.138 e. The number of ether oxygens (including phenoxy) is 1. The lowest BCUT2D eigenvalue weighted by atomic mass is 9.88. The van der Waals surface area contributed by atoms with Gasteiger partial charge in [-0.2, -0.15) is 5.10 Å². The Bertz CT molecular complexity index is 361. The van der Waals surface area contributed by atoms with E-state index in [-0.39, 0.29) is 0 Å². The maximum Gasteiger partial charge on any atom is 0.138 e. The summed E-state index contributed by atoms with van der Waals surface area (Å²) in [6, 6.07) is 0. The maximum absolute atomic E-state index is 10.5. The van der Waals surface area contributed by atoms with Crippen molar-refractivity contribution in [2.75, 3.05) is 6.61 Å². The van der Waals surface area contributed by atoms with Crippen molar-refractivity contribution in [1.29, 1.82) is 0 Å². The topological polar surface area (TPSA) is 60.2 Å². The Morgan fingerprint density at radius 3 is 2.53 bits per heavy atom. The minimum atomic E-state index is -0.553. The third kappa shape index (κ3) is 3.76. The molecular weight excluding hydrogens is 242 g/mol. The number of aryl methyl sites for hydroxylation is 1. The lowest BCUT2D eigenvalue weighted by Crippen LogP contribution is -2.45. The van der Waals surface area contributed by atoms with Crippen LogP contribution in [0, 0.1) is 0 Å². The van der Waals surface area contributed by atoms with Crippen molar-refractivity contribution >= 4 is 0 Å². The predicted molar refractivity (Wildman–Crippen MR) is 75.0 cm³/mol. The minimum absolute atomic E-state index is 0.474. The molecule has 1 unspecified atom stereocenters. The summed E-state index contributed by atoms with van der Waals surface area (Å²) < 4.78 is 7.70. The van der Waals surface area contributed by atoms with Crippen LogP contribution in [0.2, 0.25) is 0 Å². The molecule has 0 bridgehead atoms. The molecular formula is C14H27N3O2. The highest BCUT2D eigenvalue weighted by atomic mass is 16.5.